The molecule has 2 nitrogen and oxygen atoms in total. The maximum absolute atomic E-state index is 13.5. The van der Waals surface area contributed by atoms with Crippen LogP contribution in [0.3, 0.4) is 0 Å². The SMILES string of the molecule is CCC1CCCCN1Cc1cc(F)cc(CN)c1. The summed E-state index contributed by atoms with van der Waals surface area (Å²) >= 11 is 0. The second-order valence-electron chi connectivity index (χ2n) is 5.20. The predicted molar refractivity (Wildman–Crippen MR) is 72.6 cm³/mol. The fraction of sp³-hybridized carbons (Fsp3) is 0.600. The lowest BCUT2D eigenvalue weighted by Gasteiger charge is -2.35. The molecule has 1 aliphatic rings. The lowest BCUT2D eigenvalue weighted by Crippen LogP contribution is -2.38. The minimum atomic E-state index is -0.169. The Morgan fingerprint density at radius 3 is 2.78 bits per heavy atom. The Morgan fingerprint density at radius 2 is 2.06 bits per heavy atom. The quantitative estimate of drug-likeness (QED) is 0.890. The van der Waals surface area contributed by atoms with Crippen molar-refractivity contribution in [3.05, 3.63) is 35.1 Å². The second-order valence-corrected chi connectivity index (χ2v) is 5.20. The highest BCUT2D eigenvalue weighted by molar-refractivity contribution is 5.24. The van der Waals surface area contributed by atoms with Crippen molar-refractivity contribution in [2.24, 2.45) is 5.73 Å². The van der Waals surface area contributed by atoms with Gasteiger partial charge in [0.05, 0.1) is 0 Å². The largest absolute Gasteiger partial charge is 0.326 e. The molecule has 3 heteroatoms. The lowest BCUT2D eigenvalue weighted by atomic mass is 9.99. The monoisotopic (exact) mass is 250 g/mol. The van der Waals surface area contributed by atoms with Gasteiger partial charge in [0.2, 0.25) is 0 Å². The average molecular weight is 250 g/mol. The van der Waals surface area contributed by atoms with Crippen LogP contribution in [0.1, 0.15) is 43.7 Å². The molecule has 1 atom stereocenters. The molecular weight excluding hydrogens is 227 g/mol. The summed E-state index contributed by atoms with van der Waals surface area (Å²) in [6.07, 6.45) is 5.04. The number of hydrogen-bond donors (Lipinski definition) is 1. The maximum atomic E-state index is 13.5. The van der Waals surface area contributed by atoms with E-state index in [2.05, 4.69) is 11.8 Å². The number of piperidine rings is 1. The van der Waals surface area contributed by atoms with Crippen LogP contribution in [0.2, 0.25) is 0 Å². The molecule has 2 N–H and O–H groups in total. The van der Waals surface area contributed by atoms with Gasteiger partial charge in [-0.05, 0) is 49.1 Å². The van der Waals surface area contributed by atoms with Gasteiger partial charge < -0.3 is 5.73 Å². The van der Waals surface area contributed by atoms with Gasteiger partial charge in [-0.15, -0.1) is 0 Å². The Hall–Kier alpha value is -0.930. The van der Waals surface area contributed by atoms with Gasteiger partial charge in [0, 0.05) is 19.1 Å². The van der Waals surface area contributed by atoms with Gasteiger partial charge in [0.1, 0.15) is 5.82 Å². The van der Waals surface area contributed by atoms with Gasteiger partial charge in [-0.3, -0.25) is 4.90 Å². The predicted octanol–water partition coefficient (Wildman–Crippen LogP) is 3.05. The van der Waals surface area contributed by atoms with E-state index >= 15 is 0 Å². The molecule has 1 heterocycles. The van der Waals surface area contributed by atoms with E-state index in [1.165, 1.54) is 31.7 Å². The Labute approximate surface area is 109 Å². The molecule has 18 heavy (non-hydrogen) atoms. The van der Waals surface area contributed by atoms with Crippen LogP contribution in [-0.4, -0.2) is 17.5 Å². The van der Waals surface area contributed by atoms with Crippen LogP contribution in [-0.2, 0) is 13.1 Å². The number of hydrogen-bond acceptors (Lipinski definition) is 2. The molecule has 100 valence electrons. The summed E-state index contributed by atoms with van der Waals surface area (Å²) < 4.78 is 13.5. The third-order valence-electron chi connectivity index (χ3n) is 3.86. The Balaban J connectivity index is 2.09. The van der Waals surface area contributed by atoms with Crippen molar-refractivity contribution in [1.29, 1.82) is 0 Å². The number of nitrogens with zero attached hydrogens (tertiary/aromatic N) is 1. The van der Waals surface area contributed by atoms with Crippen LogP contribution in [0.15, 0.2) is 18.2 Å². The maximum Gasteiger partial charge on any atom is 0.123 e. The van der Waals surface area contributed by atoms with Crippen molar-refractivity contribution in [3.8, 4) is 0 Å². The lowest BCUT2D eigenvalue weighted by molar-refractivity contribution is 0.136. The highest BCUT2D eigenvalue weighted by atomic mass is 19.1. The molecule has 0 aromatic heterocycles. The molecule has 0 aliphatic carbocycles. The number of rotatable bonds is 4. The number of halogens is 1. The summed E-state index contributed by atoms with van der Waals surface area (Å²) in [5, 5.41) is 0. The van der Waals surface area contributed by atoms with Crippen molar-refractivity contribution >= 4 is 0 Å². The van der Waals surface area contributed by atoms with Crippen LogP contribution in [0, 0.1) is 5.82 Å². The van der Waals surface area contributed by atoms with E-state index in [1.54, 1.807) is 6.07 Å². The van der Waals surface area contributed by atoms with Gasteiger partial charge >= 0.3 is 0 Å². The molecule has 0 amide bonds. The highest BCUT2D eigenvalue weighted by Crippen LogP contribution is 2.22. The molecule has 0 radical (unpaired) electrons. The Morgan fingerprint density at radius 1 is 1.28 bits per heavy atom. The topological polar surface area (TPSA) is 29.3 Å². The van der Waals surface area contributed by atoms with Gasteiger partial charge in [-0.1, -0.05) is 19.4 Å². The van der Waals surface area contributed by atoms with E-state index in [0.717, 1.165) is 24.2 Å². The minimum Gasteiger partial charge on any atom is -0.326 e. The van der Waals surface area contributed by atoms with Crippen LogP contribution in [0.25, 0.3) is 0 Å². The zero-order chi connectivity index (χ0) is 13.0. The van der Waals surface area contributed by atoms with E-state index in [0.29, 0.717) is 12.6 Å². The summed E-state index contributed by atoms with van der Waals surface area (Å²) in [4.78, 5) is 2.48. The van der Waals surface area contributed by atoms with E-state index in [4.69, 9.17) is 5.73 Å². The Kier molecular flexibility index (Phi) is 4.72. The van der Waals surface area contributed by atoms with Gasteiger partial charge in [0.25, 0.3) is 0 Å². The molecule has 1 fully saturated rings. The van der Waals surface area contributed by atoms with Crippen LogP contribution in [0.4, 0.5) is 4.39 Å². The number of likely N-dealkylation sites (tertiary alicyclic amines) is 1. The second kappa shape index (κ2) is 6.30. The van der Waals surface area contributed by atoms with E-state index < -0.39 is 0 Å². The number of benzene rings is 1. The highest BCUT2D eigenvalue weighted by Gasteiger charge is 2.20. The third-order valence-corrected chi connectivity index (χ3v) is 3.86. The first kappa shape index (κ1) is 13.5. The van der Waals surface area contributed by atoms with E-state index in [1.807, 2.05) is 6.07 Å². The molecule has 1 aliphatic heterocycles. The van der Waals surface area contributed by atoms with Crippen molar-refractivity contribution in [1.82, 2.24) is 4.90 Å². The van der Waals surface area contributed by atoms with Gasteiger partial charge in [0.15, 0.2) is 0 Å². The van der Waals surface area contributed by atoms with Crippen LogP contribution in [0.5, 0.6) is 0 Å². The molecular formula is C15H23FN2. The van der Waals surface area contributed by atoms with Crippen LogP contribution >= 0.6 is 0 Å². The molecule has 2 rings (SSSR count). The zero-order valence-electron chi connectivity index (χ0n) is 11.2. The average Bonchev–Trinajstić information content (AvgIpc) is 2.38. The number of nitrogens with two attached hydrogens (primary N) is 1. The summed E-state index contributed by atoms with van der Waals surface area (Å²) in [6, 6.07) is 5.85. The molecule has 1 aromatic rings. The fourth-order valence-corrected chi connectivity index (χ4v) is 2.89. The van der Waals surface area contributed by atoms with Crippen molar-refractivity contribution in [3.63, 3.8) is 0 Å². The summed E-state index contributed by atoms with van der Waals surface area (Å²) in [5.41, 5.74) is 7.53. The standard InChI is InChI=1S/C15H23FN2/c1-2-15-5-3-4-6-18(15)11-13-7-12(10-17)8-14(16)9-13/h7-9,15H,2-6,10-11,17H2,1H3. The summed E-state index contributed by atoms with van der Waals surface area (Å²) in [7, 11) is 0. The smallest absolute Gasteiger partial charge is 0.123 e. The van der Waals surface area contributed by atoms with Crippen molar-refractivity contribution in [2.45, 2.75) is 51.7 Å². The molecule has 0 bridgehead atoms. The molecule has 0 saturated carbocycles. The fourth-order valence-electron chi connectivity index (χ4n) is 2.89. The zero-order valence-corrected chi connectivity index (χ0v) is 11.2. The molecule has 1 unspecified atom stereocenters. The van der Waals surface area contributed by atoms with Crippen molar-refractivity contribution < 1.29 is 4.39 Å². The molecule has 1 aromatic carbocycles. The van der Waals surface area contributed by atoms with E-state index in [-0.39, 0.29) is 5.82 Å². The molecule has 1 saturated heterocycles. The van der Waals surface area contributed by atoms with Gasteiger partial charge in [-0.2, -0.15) is 0 Å². The van der Waals surface area contributed by atoms with Crippen LogP contribution < -0.4 is 5.73 Å². The summed E-state index contributed by atoms with van der Waals surface area (Å²) in [6.45, 7) is 4.62. The summed E-state index contributed by atoms with van der Waals surface area (Å²) in [5.74, 6) is -0.169. The first-order valence-electron chi connectivity index (χ1n) is 6.95. The Bertz CT molecular complexity index is 392. The normalized spacial score (nSPS) is 21.2. The minimum absolute atomic E-state index is 0.169. The van der Waals surface area contributed by atoms with Crippen molar-refractivity contribution in [2.75, 3.05) is 6.54 Å². The first-order valence-corrected chi connectivity index (χ1v) is 6.95. The first-order chi connectivity index (χ1) is 8.72. The van der Waals surface area contributed by atoms with E-state index in [9.17, 15) is 4.39 Å². The van der Waals surface area contributed by atoms with Gasteiger partial charge in [-0.25, -0.2) is 4.39 Å². The third kappa shape index (κ3) is 3.30. The molecule has 0 spiro atoms.